The maximum absolute atomic E-state index is 11.1. The molecule has 4 nitrogen and oxygen atoms in total. The zero-order chi connectivity index (χ0) is 13.0. The lowest BCUT2D eigenvalue weighted by Crippen LogP contribution is -2.30. The fraction of sp³-hybridized carbons (Fsp3) is 0.417. The van der Waals surface area contributed by atoms with Gasteiger partial charge in [-0.2, -0.15) is 0 Å². The number of halogens is 1. The van der Waals surface area contributed by atoms with Crippen LogP contribution in [0.15, 0.2) is 22.7 Å². The molecule has 0 fully saturated rings. The van der Waals surface area contributed by atoms with Crippen LogP contribution in [0.4, 0.5) is 5.69 Å². The minimum atomic E-state index is -0.991. The molecule has 0 aromatic heterocycles. The van der Waals surface area contributed by atoms with Gasteiger partial charge in [-0.05, 0) is 24.1 Å². The summed E-state index contributed by atoms with van der Waals surface area (Å²) < 4.78 is 0.713. The van der Waals surface area contributed by atoms with Gasteiger partial charge in [-0.25, -0.2) is 4.79 Å². The van der Waals surface area contributed by atoms with E-state index in [2.05, 4.69) is 21.2 Å². The summed E-state index contributed by atoms with van der Waals surface area (Å²) in [4.78, 5) is 11.1. The Morgan fingerprint density at radius 3 is 2.59 bits per heavy atom. The van der Waals surface area contributed by atoms with E-state index in [9.17, 15) is 9.90 Å². The Hall–Kier alpha value is -1.07. The van der Waals surface area contributed by atoms with Gasteiger partial charge in [0, 0.05) is 10.2 Å². The fourth-order valence-electron chi connectivity index (χ4n) is 1.44. The molecule has 0 bridgehead atoms. The van der Waals surface area contributed by atoms with Crippen LogP contribution in [0.5, 0.6) is 0 Å². The quantitative estimate of drug-likeness (QED) is 0.782. The van der Waals surface area contributed by atoms with Crippen LogP contribution in [0.3, 0.4) is 0 Å². The number of carboxylic acids is 1. The third kappa shape index (κ3) is 3.71. The van der Waals surface area contributed by atoms with E-state index in [-0.39, 0.29) is 24.1 Å². The first kappa shape index (κ1) is 14.0. The van der Waals surface area contributed by atoms with Crippen LogP contribution in [0.25, 0.3) is 0 Å². The van der Waals surface area contributed by atoms with Crippen LogP contribution in [-0.4, -0.2) is 28.8 Å². The Balaban J connectivity index is 3.01. The fourth-order valence-corrected chi connectivity index (χ4v) is 1.80. The molecule has 5 heteroatoms. The highest BCUT2D eigenvalue weighted by Gasteiger charge is 2.16. The monoisotopic (exact) mass is 301 g/mol. The third-order valence-electron chi connectivity index (χ3n) is 2.55. The summed E-state index contributed by atoms with van der Waals surface area (Å²) in [6, 6.07) is 4.84. The highest BCUT2D eigenvalue weighted by Crippen LogP contribution is 2.22. The van der Waals surface area contributed by atoms with Gasteiger partial charge >= 0.3 is 5.97 Å². The van der Waals surface area contributed by atoms with Gasteiger partial charge in [0.2, 0.25) is 0 Å². The third-order valence-corrected chi connectivity index (χ3v) is 3.05. The lowest BCUT2D eigenvalue weighted by Gasteiger charge is -2.22. The van der Waals surface area contributed by atoms with Crippen molar-refractivity contribution in [1.82, 2.24) is 0 Å². The molecule has 1 unspecified atom stereocenters. The van der Waals surface area contributed by atoms with Gasteiger partial charge in [0.05, 0.1) is 18.2 Å². The highest BCUT2D eigenvalue weighted by molar-refractivity contribution is 9.10. The summed E-state index contributed by atoms with van der Waals surface area (Å²) in [6.07, 6.45) is 0. The topological polar surface area (TPSA) is 69.6 Å². The van der Waals surface area contributed by atoms with Crippen LogP contribution in [-0.2, 0) is 0 Å². The summed E-state index contributed by atoms with van der Waals surface area (Å²) >= 11 is 3.24. The van der Waals surface area contributed by atoms with E-state index in [0.717, 1.165) is 0 Å². The molecule has 0 amide bonds. The minimum Gasteiger partial charge on any atom is -0.478 e. The Morgan fingerprint density at radius 2 is 2.12 bits per heavy atom. The Labute approximate surface area is 109 Å². The number of anilines is 1. The molecule has 17 heavy (non-hydrogen) atoms. The first-order chi connectivity index (χ1) is 7.95. The number of benzene rings is 1. The summed E-state index contributed by atoms with van der Waals surface area (Å²) in [7, 11) is 0. The van der Waals surface area contributed by atoms with Gasteiger partial charge in [0.25, 0.3) is 0 Å². The van der Waals surface area contributed by atoms with Gasteiger partial charge in [-0.1, -0.05) is 29.8 Å². The number of aliphatic hydroxyl groups excluding tert-OH is 1. The van der Waals surface area contributed by atoms with Crippen LogP contribution in [0, 0.1) is 5.92 Å². The van der Waals surface area contributed by atoms with Gasteiger partial charge in [-0.3, -0.25) is 0 Å². The largest absolute Gasteiger partial charge is 0.478 e. The number of hydrogen-bond acceptors (Lipinski definition) is 3. The maximum atomic E-state index is 11.1. The molecule has 0 aliphatic rings. The van der Waals surface area contributed by atoms with Crippen molar-refractivity contribution in [2.45, 2.75) is 19.9 Å². The summed E-state index contributed by atoms with van der Waals surface area (Å²) in [5.41, 5.74) is 0.715. The molecule has 1 atom stereocenters. The van der Waals surface area contributed by atoms with Crippen molar-refractivity contribution in [2.24, 2.45) is 5.92 Å². The molecule has 0 heterocycles. The first-order valence-electron chi connectivity index (χ1n) is 5.36. The summed E-state index contributed by atoms with van der Waals surface area (Å²) in [5, 5.41) is 21.4. The molecular weight excluding hydrogens is 286 g/mol. The number of nitrogens with one attached hydrogen (secondary N) is 1. The minimum absolute atomic E-state index is 0.0349. The predicted octanol–water partition coefficient (Wildman–Crippen LogP) is 2.58. The van der Waals surface area contributed by atoms with E-state index in [0.29, 0.717) is 10.2 Å². The average Bonchev–Trinajstić information content (AvgIpc) is 2.26. The van der Waals surface area contributed by atoms with Crippen LogP contribution in [0.2, 0.25) is 0 Å². The van der Waals surface area contributed by atoms with Crippen molar-refractivity contribution in [2.75, 3.05) is 11.9 Å². The molecule has 1 rings (SSSR count). The number of hydrogen-bond donors (Lipinski definition) is 3. The smallest absolute Gasteiger partial charge is 0.337 e. The molecule has 1 aromatic carbocycles. The van der Waals surface area contributed by atoms with E-state index >= 15 is 0 Å². The first-order valence-corrected chi connectivity index (χ1v) is 6.15. The van der Waals surface area contributed by atoms with Crippen molar-refractivity contribution in [3.63, 3.8) is 0 Å². The van der Waals surface area contributed by atoms with Gasteiger partial charge < -0.3 is 15.5 Å². The Morgan fingerprint density at radius 1 is 1.47 bits per heavy atom. The van der Waals surface area contributed by atoms with Crippen molar-refractivity contribution in [3.8, 4) is 0 Å². The maximum Gasteiger partial charge on any atom is 0.337 e. The summed E-state index contributed by atoms with van der Waals surface area (Å²) in [5.74, 6) is -0.778. The van der Waals surface area contributed by atoms with E-state index in [1.165, 1.54) is 0 Å². The molecule has 94 valence electrons. The summed E-state index contributed by atoms with van der Waals surface area (Å²) in [6.45, 7) is 3.90. The normalized spacial score (nSPS) is 12.5. The standard InChI is InChI=1S/C12H16BrNO3/c1-7(2)11(6-15)14-10-4-3-8(13)5-9(10)12(16)17/h3-5,7,11,14-15H,6H2,1-2H3,(H,16,17). The van der Waals surface area contributed by atoms with Gasteiger partial charge in [-0.15, -0.1) is 0 Å². The van der Waals surface area contributed by atoms with Crippen molar-refractivity contribution < 1.29 is 15.0 Å². The zero-order valence-corrected chi connectivity index (χ0v) is 11.4. The zero-order valence-electron chi connectivity index (χ0n) is 9.77. The Kier molecular flexibility index (Phi) is 4.96. The number of rotatable bonds is 5. The number of aliphatic hydroxyl groups is 1. The second kappa shape index (κ2) is 6.02. The van der Waals surface area contributed by atoms with E-state index in [4.69, 9.17) is 5.11 Å². The van der Waals surface area contributed by atoms with E-state index in [1.54, 1.807) is 18.2 Å². The molecule has 0 spiro atoms. The number of carbonyl (C=O) groups is 1. The second-order valence-corrected chi connectivity index (χ2v) is 5.09. The highest BCUT2D eigenvalue weighted by atomic mass is 79.9. The number of aromatic carboxylic acids is 1. The molecule has 0 aliphatic carbocycles. The molecule has 0 saturated heterocycles. The SMILES string of the molecule is CC(C)C(CO)Nc1ccc(Br)cc1C(=O)O. The van der Waals surface area contributed by atoms with Gasteiger partial charge in [0.1, 0.15) is 0 Å². The van der Waals surface area contributed by atoms with Crippen molar-refractivity contribution in [3.05, 3.63) is 28.2 Å². The number of carboxylic acid groups (broad SMARTS) is 1. The van der Waals surface area contributed by atoms with Crippen molar-refractivity contribution >= 4 is 27.6 Å². The van der Waals surface area contributed by atoms with E-state index < -0.39 is 5.97 Å². The van der Waals surface area contributed by atoms with Gasteiger partial charge in [0.15, 0.2) is 0 Å². The molecule has 0 saturated carbocycles. The van der Waals surface area contributed by atoms with Crippen LogP contribution < -0.4 is 5.32 Å². The molecule has 0 radical (unpaired) electrons. The molecule has 0 aliphatic heterocycles. The average molecular weight is 302 g/mol. The molecule has 1 aromatic rings. The lowest BCUT2D eigenvalue weighted by molar-refractivity contribution is 0.0697. The van der Waals surface area contributed by atoms with E-state index in [1.807, 2.05) is 13.8 Å². The van der Waals surface area contributed by atoms with Crippen LogP contribution in [0.1, 0.15) is 24.2 Å². The Bertz CT molecular complexity index is 407. The molecular formula is C12H16BrNO3. The lowest BCUT2D eigenvalue weighted by atomic mass is 10.0. The van der Waals surface area contributed by atoms with Crippen molar-refractivity contribution in [1.29, 1.82) is 0 Å². The predicted molar refractivity (Wildman–Crippen MR) is 70.4 cm³/mol. The second-order valence-electron chi connectivity index (χ2n) is 4.17. The molecule has 3 N–H and O–H groups in total. The van der Waals surface area contributed by atoms with Crippen LogP contribution >= 0.6 is 15.9 Å².